The van der Waals surface area contributed by atoms with Crippen LogP contribution in [0.1, 0.15) is 0 Å². The molecule has 0 spiro atoms. The van der Waals surface area contributed by atoms with Gasteiger partial charge in [-0.2, -0.15) is 13.5 Å². The third kappa shape index (κ3) is 1.41. The van der Waals surface area contributed by atoms with E-state index in [2.05, 4.69) is 0 Å². The molecular formula is C11H17NO5S. The Hall–Kier alpha value is -0.630. The van der Waals surface area contributed by atoms with Gasteiger partial charge in [-0.05, 0) is 0 Å². The van der Waals surface area contributed by atoms with Crippen molar-refractivity contribution in [2.45, 2.75) is 24.4 Å². The topological polar surface area (TPSA) is 65.1 Å². The van der Waals surface area contributed by atoms with Crippen LogP contribution in [0, 0.1) is 11.8 Å². The molecule has 0 saturated carbocycles. The van der Waals surface area contributed by atoms with Gasteiger partial charge in [-0.25, -0.2) is 0 Å². The Morgan fingerprint density at radius 3 is 1.72 bits per heavy atom. The maximum absolute atomic E-state index is 12.0. The molecule has 0 aliphatic carbocycles. The number of carbonyl (C=O) groups is 2. The summed E-state index contributed by atoms with van der Waals surface area (Å²) in [4.78, 5) is 25.1. The van der Waals surface area contributed by atoms with E-state index < -0.39 is 11.8 Å². The fourth-order valence-corrected chi connectivity index (χ4v) is 3.38. The summed E-state index contributed by atoms with van der Waals surface area (Å²) < 4.78 is 16.4. The molecule has 3 rings (SSSR count). The third-order valence-electron chi connectivity index (χ3n) is 4.16. The minimum absolute atomic E-state index is 0. The number of ether oxygens (including phenoxy) is 3. The average molecular weight is 275 g/mol. The number of nitrogens with zero attached hydrogens (tertiary/aromatic N) is 1. The number of rotatable bonds is 2. The van der Waals surface area contributed by atoms with E-state index >= 15 is 0 Å². The highest BCUT2D eigenvalue weighted by Crippen LogP contribution is 2.49. The van der Waals surface area contributed by atoms with Gasteiger partial charge in [-0.3, -0.25) is 14.5 Å². The zero-order chi connectivity index (χ0) is 12.3. The molecule has 3 fully saturated rings. The van der Waals surface area contributed by atoms with Crippen LogP contribution in [0.2, 0.25) is 0 Å². The second kappa shape index (κ2) is 4.48. The number of methoxy groups -OCH3 is 2. The first kappa shape index (κ1) is 13.8. The number of imide groups is 1. The standard InChI is InChI=1S/C11H15NO5.H2S/c1-12-10(13)4-5(11(12)14)7-9(16-3)8(15-2)6(4)17-7;/h4-9H,1-3H3;1H2. The Morgan fingerprint density at radius 2 is 1.39 bits per heavy atom. The van der Waals surface area contributed by atoms with Crippen LogP contribution in [-0.2, 0) is 23.8 Å². The molecule has 0 aromatic carbocycles. The van der Waals surface area contributed by atoms with Crippen LogP contribution >= 0.6 is 13.5 Å². The monoisotopic (exact) mass is 275 g/mol. The summed E-state index contributed by atoms with van der Waals surface area (Å²) in [7, 11) is 4.66. The number of carbonyl (C=O) groups excluding carboxylic acids is 2. The highest BCUT2D eigenvalue weighted by molar-refractivity contribution is 7.59. The van der Waals surface area contributed by atoms with Crippen molar-refractivity contribution in [2.24, 2.45) is 11.8 Å². The second-order valence-electron chi connectivity index (χ2n) is 4.75. The maximum Gasteiger partial charge on any atom is 0.235 e. The van der Waals surface area contributed by atoms with Gasteiger partial charge in [0.05, 0.1) is 24.0 Å². The van der Waals surface area contributed by atoms with E-state index in [-0.39, 0.29) is 49.7 Å². The first-order valence-corrected chi connectivity index (χ1v) is 5.64. The van der Waals surface area contributed by atoms with E-state index in [0.717, 1.165) is 0 Å². The van der Waals surface area contributed by atoms with E-state index in [0.29, 0.717) is 0 Å². The Labute approximate surface area is 112 Å². The highest BCUT2D eigenvalue weighted by atomic mass is 32.1. The number of amides is 2. The Balaban J connectivity index is 0.00000120. The van der Waals surface area contributed by atoms with Crippen LogP contribution in [0.25, 0.3) is 0 Å². The van der Waals surface area contributed by atoms with Crippen molar-refractivity contribution in [3.63, 3.8) is 0 Å². The van der Waals surface area contributed by atoms with Crippen molar-refractivity contribution in [3.05, 3.63) is 0 Å². The van der Waals surface area contributed by atoms with Gasteiger partial charge < -0.3 is 14.2 Å². The molecule has 18 heavy (non-hydrogen) atoms. The first-order valence-electron chi connectivity index (χ1n) is 5.64. The summed E-state index contributed by atoms with van der Waals surface area (Å²) in [5.74, 6) is -1.11. The van der Waals surface area contributed by atoms with Crippen molar-refractivity contribution in [1.82, 2.24) is 4.90 Å². The lowest BCUT2D eigenvalue weighted by Gasteiger charge is -2.30. The molecule has 2 amide bonds. The van der Waals surface area contributed by atoms with E-state index in [1.165, 1.54) is 11.9 Å². The van der Waals surface area contributed by atoms with Crippen LogP contribution in [0.4, 0.5) is 0 Å². The van der Waals surface area contributed by atoms with E-state index in [9.17, 15) is 9.59 Å². The maximum atomic E-state index is 12.0. The van der Waals surface area contributed by atoms with Crippen LogP contribution in [0.3, 0.4) is 0 Å². The summed E-state index contributed by atoms with van der Waals surface area (Å²) in [6.07, 6.45) is -1.26. The van der Waals surface area contributed by atoms with Crippen molar-refractivity contribution < 1.29 is 23.8 Å². The summed E-state index contributed by atoms with van der Waals surface area (Å²) in [6, 6.07) is 0. The van der Waals surface area contributed by atoms with Gasteiger partial charge in [0, 0.05) is 21.3 Å². The molecule has 6 nitrogen and oxygen atoms in total. The molecular weight excluding hydrogens is 258 g/mol. The van der Waals surface area contributed by atoms with Gasteiger partial charge in [0.2, 0.25) is 11.8 Å². The molecule has 0 aromatic heterocycles. The fraction of sp³-hybridized carbons (Fsp3) is 0.818. The number of fused-ring (bicyclic) bond motifs is 5. The highest BCUT2D eigenvalue weighted by Gasteiger charge is 2.69. The number of likely N-dealkylation sites (tertiary alicyclic amines) is 1. The van der Waals surface area contributed by atoms with Crippen LogP contribution < -0.4 is 0 Å². The first-order chi connectivity index (χ1) is 8.11. The van der Waals surface area contributed by atoms with Crippen molar-refractivity contribution in [1.29, 1.82) is 0 Å². The molecule has 7 heteroatoms. The summed E-state index contributed by atoms with van der Waals surface area (Å²) in [6.45, 7) is 0. The van der Waals surface area contributed by atoms with Crippen LogP contribution in [0.5, 0.6) is 0 Å². The zero-order valence-corrected chi connectivity index (χ0v) is 11.5. The molecule has 0 aromatic rings. The van der Waals surface area contributed by atoms with E-state index in [1.807, 2.05) is 0 Å². The molecule has 3 aliphatic rings. The molecule has 3 heterocycles. The lowest BCUT2D eigenvalue weighted by atomic mass is 9.78. The number of hydrogen-bond acceptors (Lipinski definition) is 5. The largest absolute Gasteiger partial charge is 0.376 e. The quantitative estimate of drug-likeness (QED) is 0.614. The summed E-state index contributed by atoms with van der Waals surface area (Å²) >= 11 is 0. The molecule has 6 atom stereocenters. The molecule has 2 bridgehead atoms. The fourth-order valence-electron chi connectivity index (χ4n) is 3.38. The van der Waals surface area contributed by atoms with E-state index in [1.54, 1.807) is 14.2 Å². The molecule has 0 N–H and O–H groups in total. The zero-order valence-electron chi connectivity index (χ0n) is 10.5. The average Bonchev–Trinajstić information content (AvgIpc) is 2.94. The SMILES string of the molecule is COC1C(OC)C2OC1C1C(=O)N(C)C(=O)C21.S. The van der Waals surface area contributed by atoms with Crippen molar-refractivity contribution in [2.75, 3.05) is 21.3 Å². The molecule has 3 saturated heterocycles. The Morgan fingerprint density at radius 1 is 1.00 bits per heavy atom. The van der Waals surface area contributed by atoms with Crippen molar-refractivity contribution in [3.8, 4) is 0 Å². The molecule has 102 valence electrons. The molecule has 0 radical (unpaired) electrons. The minimum atomic E-state index is -0.395. The minimum Gasteiger partial charge on any atom is -0.376 e. The molecule has 6 unspecified atom stereocenters. The Kier molecular flexibility index (Phi) is 3.44. The van der Waals surface area contributed by atoms with Gasteiger partial charge >= 0.3 is 0 Å². The summed E-state index contributed by atoms with van der Waals surface area (Å²) in [5, 5.41) is 0. The second-order valence-corrected chi connectivity index (χ2v) is 4.75. The van der Waals surface area contributed by atoms with Gasteiger partial charge in [0.15, 0.2) is 0 Å². The summed E-state index contributed by atoms with van der Waals surface area (Å²) in [5.41, 5.74) is 0. The third-order valence-corrected chi connectivity index (χ3v) is 4.16. The van der Waals surface area contributed by atoms with E-state index in [4.69, 9.17) is 14.2 Å². The van der Waals surface area contributed by atoms with Crippen LogP contribution in [0.15, 0.2) is 0 Å². The predicted octanol–water partition coefficient (Wildman–Crippen LogP) is -0.859. The molecule has 3 aliphatic heterocycles. The normalized spacial score (nSPS) is 45.4. The number of hydrogen-bond donors (Lipinski definition) is 0. The van der Waals surface area contributed by atoms with Gasteiger partial charge in [0.1, 0.15) is 12.2 Å². The lowest BCUT2D eigenvalue weighted by Crippen LogP contribution is -2.49. The predicted molar refractivity (Wildman–Crippen MR) is 65.4 cm³/mol. The lowest BCUT2D eigenvalue weighted by molar-refractivity contribution is -0.141. The van der Waals surface area contributed by atoms with Gasteiger partial charge in [-0.1, -0.05) is 0 Å². The van der Waals surface area contributed by atoms with Crippen molar-refractivity contribution >= 4 is 25.3 Å². The Bertz CT molecular complexity index is 356. The van der Waals surface area contributed by atoms with Gasteiger partial charge in [0.25, 0.3) is 0 Å². The van der Waals surface area contributed by atoms with Gasteiger partial charge in [-0.15, -0.1) is 0 Å². The van der Waals surface area contributed by atoms with Crippen LogP contribution in [-0.4, -0.2) is 62.4 Å². The smallest absolute Gasteiger partial charge is 0.235 e.